The fourth-order valence-corrected chi connectivity index (χ4v) is 2.40. The van der Waals surface area contributed by atoms with Gasteiger partial charge in [-0.15, -0.1) is 0 Å². The molecule has 0 amide bonds. The normalized spacial score (nSPS) is 15.4. The van der Waals surface area contributed by atoms with Gasteiger partial charge in [-0.1, -0.05) is 45.8 Å². The lowest BCUT2D eigenvalue weighted by atomic mass is 10.2. The average molecular weight is 322 g/mol. The lowest BCUT2D eigenvalue weighted by Crippen LogP contribution is -1.85. The number of hydrogen-bond donors (Lipinski definition) is 1. The summed E-state index contributed by atoms with van der Waals surface area (Å²) in [5.41, 5.74) is 3.06. The third-order valence-corrected chi connectivity index (χ3v) is 3.57. The molecule has 2 aromatic rings. The number of imidazole rings is 1. The highest BCUT2D eigenvalue weighted by atomic mass is 79.9. The zero-order valence-electron chi connectivity index (χ0n) is 9.45. The van der Waals surface area contributed by atoms with Crippen molar-refractivity contribution < 1.29 is 0 Å². The fraction of sp³-hybridized carbons (Fsp3) is 0.0714. The van der Waals surface area contributed by atoms with Crippen molar-refractivity contribution in [2.24, 2.45) is 0 Å². The van der Waals surface area contributed by atoms with Crippen LogP contribution in [0.2, 0.25) is 5.02 Å². The topological polar surface area (TPSA) is 28.7 Å². The Morgan fingerprint density at radius 2 is 2.17 bits per heavy atom. The highest BCUT2D eigenvalue weighted by molar-refractivity contribution is 9.11. The Kier molecular flexibility index (Phi) is 3.10. The molecule has 0 fully saturated rings. The molecule has 90 valence electrons. The quantitative estimate of drug-likeness (QED) is 0.800. The molecule has 3 rings (SSSR count). The SMILES string of the molecule is Clc1ccc2nc(C3=CC=C(Br)C=CC3)[nH]c2c1. The number of aromatic nitrogens is 2. The predicted octanol–water partition coefficient (Wildman–Crippen LogP) is 4.84. The predicted molar refractivity (Wildman–Crippen MR) is 79.8 cm³/mol. The molecule has 2 nitrogen and oxygen atoms in total. The Morgan fingerprint density at radius 3 is 3.06 bits per heavy atom. The third kappa shape index (κ3) is 2.28. The Bertz CT molecular complexity index is 695. The van der Waals surface area contributed by atoms with Gasteiger partial charge in [-0.2, -0.15) is 0 Å². The standard InChI is InChI=1S/C14H10BrClN2/c15-10-3-1-2-9(4-5-10)14-17-12-7-6-11(16)8-13(12)18-14/h1,3-8H,2H2,(H,17,18). The van der Waals surface area contributed by atoms with E-state index in [1.807, 2.05) is 30.4 Å². The van der Waals surface area contributed by atoms with Gasteiger partial charge in [-0.05, 0) is 36.3 Å². The molecule has 1 N–H and O–H groups in total. The van der Waals surface area contributed by atoms with Crippen molar-refractivity contribution in [1.82, 2.24) is 9.97 Å². The van der Waals surface area contributed by atoms with Crippen LogP contribution >= 0.6 is 27.5 Å². The minimum absolute atomic E-state index is 0.718. The van der Waals surface area contributed by atoms with E-state index in [1.54, 1.807) is 0 Å². The van der Waals surface area contributed by atoms with Crippen LogP contribution in [-0.4, -0.2) is 9.97 Å². The molecule has 1 aromatic carbocycles. The monoisotopic (exact) mass is 320 g/mol. The summed E-state index contributed by atoms with van der Waals surface area (Å²) < 4.78 is 1.07. The lowest BCUT2D eigenvalue weighted by molar-refractivity contribution is 1.22. The molecule has 0 saturated carbocycles. The second kappa shape index (κ2) is 4.75. The van der Waals surface area contributed by atoms with E-state index in [9.17, 15) is 0 Å². The van der Waals surface area contributed by atoms with Crippen LogP contribution in [-0.2, 0) is 0 Å². The maximum atomic E-state index is 5.97. The van der Waals surface area contributed by atoms with Gasteiger partial charge in [0.15, 0.2) is 0 Å². The van der Waals surface area contributed by atoms with Crippen LogP contribution < -0.4 is 0 Å². The summed E-state index contributed by atoms with van der Waals surface area (Å²) in [6, 6.07) is 5.68. The molecular weight excluding hydrogens is 312 g/mol. The van der Waals surface area contributed by atoms with E-state index in [-0.39, 0.29) is 0 Å². The average Bonchev–Trinajstić information content (AvgIpc) is 2.63. The zero-order chi connectivity index (χ0) is 12.5. The number of hydrogen-bond acceptors (Lipinski definition) is 1. The van der Waals surface area contributed by atoms with E-state index in [0.717, 1.165) is 38.4 Å². The Morgan fingerprint density at radius 1 is 1.28 bits per heavy atom. The second-order valence-electron chi connectivity index (χ2n) is 4.10. The zero-order valence-corrected chi connectivity index (χ0v) is 11.8. The van der Waals surface area contributed by atoms with E-state index >= 15 is 0 Å². The summed E-state index contributed by atoms with van der Waals surface area (Å²) in [5, 5.41) is 0.718. The highest BCUT2D eigenvalue weighted by Gasteiger charge is 2.08. The summed E-state index contributed by atoms with van der Waals surface area (Å²) in [7, 11) is 0. The Labute approximate surface area is 118 Å². The molecular formula is C14H10BrClN2. The highest BCUT2D eigenvalue weighted by Crippen LogP contribution is 2.25. The van der Waals surface area contributed by atoms with E-state index in [0.29, 0.717) is 0 Å². The number of H-pyrrole nitrogens is 1. The molecule has 1 aliphatic rings. The van der Waals surface area contributed by atoms with Crippen LogP contribution in [0.15, 0.2) is 47.0 Å². The molecule has 0 bridgehead atoms. The van der Waals surface area contributed by atoms with E-state index in [2.05, 4.69) is 38.0 Å². The Hall–Kier alpha value is -1.32. The maximum Gasteiger partial charge on any atom is 0.134 e. The first-order valence-electron chi connectivity index (χ1n) is 5.61. The minimum Gasteiger partial charge on any atom is -0.338 e. The smallest absolute Gasteiger partial charge is 0.134 e. The van der Waals surface area contributed by atoms with Crippen molar-refractivity contribution in [3.63, 3.8) is 0 Å². The van der Waals surface area contributed by atoms with Gasteiger partial charge in [0.2, 0.25) is 0 Å². The van der Waals surface area contributed by atoms with Crippen molar-refractivity contribution in [2.45, 2.75) is 6.42 Å². The molecule has 1 heterocycles. The van der Waals surface area contributed by atoms with Crippen molar-refractivity contribution in [3.8, 4) is 0 Å². The number of benzene rings is 1. The van der Waals surface area contributed by atoms with Gasteiger partial charge in [0.05, 0.1) is 11.0 Å². The maximum absolute atomic E-state index is 5.97. The van der Waals surface area contributed by atoms with Crippen LogP contribution in [0.3, 0.4) is 0 Å². The van der Waals surface area contributed by atoms with Crippen LogP contribution in [0.25, 0.3) is 16.6 Å². The molecule has 0 unspecified atom stereocenters. The van der Waals surface area contributed by atoms with E-state index in [1.165, 1.54) is 0 Å². The first kappa shape index (κ1) is 11.8. The van der Waals surface area contributed by atoms with Crippen molar-refractivity contribution in [1.29, 1.82) is 0 Å². The number of fused-ring (bicyclic) bond motifs is 1. The van der Waals surface area contributed by atoms with Crippen LogP contribution in [0.5, 0.6) is 0 Å². The first-order chi connectivity index (χ1) is 8.72. The molecule has 1 aliphatic carbocycles. The minimum atomic E-state index is 0.718. The van der Waals surface area contributed by atoms with Crippen LogP contribution in [0.4, 0.5) is 0 Å². The third-order valence-electron chi connectivity index (χ3n) is 2.81. The van der Waals surface area contributed by atoms with Crippen molar-refractivity contribution in [2.75, 3.05) is 0 Å². The molecule has 0 aliphatic heterocycles. The van der Waals surface area contributed by atoms with Gasteiger partial charge in [0.25, 0.3) is 0 Å². The molecule has 4 heteroatoms. The summed E-state index contributed by atoms with van der Waals surface area (Å²) in [4.78, 5) is 7.89. The van der Waals surface area contributed by atoms with Crippen LogP contribution in [0.1, 0.15) is 12.2 Å². The first-order valence-corrected chi connectivity index (χ1v) is 6.78. The number of allylic oxidation sites excluding steroid dienone is 6. The van der Waals surface area contributed by atoms with E-state index < -0.39 is 0 Å². The second-order valence-corrected chi connectivity index (χ2v) is 5.45. The van der Waals surface area contributed by atoms with Gasteiger partial charge in [0, 0.05) is 9.51 Å². The fourth-order valence-electron chi connectivity index (χ4n) is 1.91. The summed E-state index contributed by atoms with van der Waals surface area (Å²) >= 11 is 9.43. The van der Waals surface area contributed by atoms with Gasteiger partial charge < -0.3 is 4.98 Å². The molecule has 0 radical (unpaired) electrons. The van der Waals surface area contributed by atoms with Crippen LogP contribution in [0, 0.1) is 0 Å². The summed E-state index contributed by atoms with van der Waals surface area (Å²) in [6.07, 6.45) is 9.12. The molecule has 18 heavy (non-hydrogen) atoms. The van der Waals surface area contributed by atoms with Gasteiger partial charge in [-0.25, -0.2) is 4.98 Å². The summed E-state index contributed by atoms with van der Waals surface area (Å²) in [6.45, 7) is 0. The number of nitrogens with zero attached hydrogens (tertiary/aromatic N) is 1. The number of nitrogens with one attached hydrogen (secondary N) is 1. The lowest BCUT2D eigenvalue weighted by Gasteiger charge is -1.97. The summed E-state index contributed by atoms with van der Waals surface area (Å²) in [5.74, 6) is 0.898. The molecule has 1 aromatic heterocycles. The van der Waals surface area contributed by atoms with E-state index in [4.69, 9.17) is 11.6 Å². The molecule has 0 spiro atoms. The Balaban J connectivity index is 2.07. The molecule has 0 atom stereocenters. The number of aromatic amines is 1. The largest absolute Gasteiger partial charge is 0.338 e. The van der Waals surface area contributed by atoms with Gasteiger partial charge in [0.1, 0.15) is 5.82 Å². The van der Waals surface area contributed by atoms with Gasteiger partial charge >= 0.3 is 0 Å². The van der Waals surface area contributed by atoms with Crippen molar-refractivity contribution in [3.05, 3.63) is 57.8 Å². The number of rotatable bonds is 1. The van der Waals surface area contributed by atoms with Crippen molar-refractivity contribution >= 4 is 44.1 Å². The number of halogens is 2. The van der Waals surface area contributed by atoms with Gasteiger partial charge in [-0.3, -0.25) is 0 Å². The molecule has 0 saturated heterocycles.